The van der Waals surface area contributed by atoms with Crippen LogP contribution in [0, 0.1) is 5.92 Å². The lowest BCUT2D eigenvalue weighted by atomic mass is 10.2. The van der Waals surface area contributed by atoms with E-state index in [0.29, 0.717) is 18.2 Å². The summed E-state index contributed by atoms with van der Waals surface area (Å²) in [6, 6.07) is 9.41. The van der Waals surface area contributed by atoms with Crippen LogP contribution in [0.1, 0.15) is 19.8 Å². The predicted octanol–water partition coefficient (Wildman–Crippen LogP) is 1.73. The first-order valence-corrected chi connectivity index (χ1v) is 6.42. The third-order valence-electron chi connectivity index (χ3n) is 3.16. The fourth-order valence-electron chi connectivity index (χ4n) is 1.81. The van der Waals surface area contributed by atoms with Crippen molar-refractivity contribution < 1.29 is 9.53 Å². The molecule has 1 aromatic rings. The predicted molar refractivity (Wildman–Crippen MR) is 77.5 cm³/mol. The van der Waals surface area contributed by atoms with Crippen LogP contribution < -0.4 is 15.8 Å². The zero-order chi connectivity index (χ0) is 13.0. The molecule has 4 nitrogen and oxygen atoms in total. The van der Waals surface area contributed by atoms with Gasteiger partial charge in [0.25, 0.3) is 5.91 Å². The number of nitrogens with two attached hydrogens (primary N) is 1. The number of nitrogens with one attached hydrogen (secondary N) is 1. The highest BCUT2D eigenvalue weighted by molar-refractivity contribution is 5.85. The van der Waals surface area contributed by atoms with Crippen molar-refractivity contribution in [3.63, 3.8) is 0 Å². The molecule has 2 unspecified atom stereocenters. The number of rotatable bonds is 6. The molecule has 2 atom stereocenters. The minimum Gasteiger partial charge on any atom is -0.481 e. The van der Waals surface area contributed by atoms with Gasteiger partial charge in [-0.2, -0.15) is 0 Å². The van der Waals surface area contributed by atoms with Gasteiger partial charge < -0.3 is 15.8 Å². The number of para-hydroxylation sites is 1. The first-order chi connectivity index (χ1) is 8.66. The summed E-state index contributed by atoms with van der Waals surface area (Å²) in [6.45, 7) is 2.27. The largest absolute Gasteiger partial charge is 0.481 e. The molecule has 5 heteroatoms. The zero-order valence-corrected chi connectivity index (χ0v) is 11.9. The van der Waals surface area contributed by atoms with Crippen molar-refractivity contribution in [2.24, 2.45) is 11.7 Å². The summed E-state index contributed by atoms with van der Waals surface area (Å²) in [5.74, 6) is 1.18. The van der Waals surface area contributed by atoms with Crippen LogP contribution in [-0.2, 0) is 4.79 Å². The lowest BCUT2D eigenvalue weighted by Crippen LogP contribution is -2.43. The lowest BCUT2D eigenvalue weighted by Gasteiger charge is -2.16. The van der Waals surface area contributed by atoms with Crippen molar-refractivity contribution in [2.45, 2.75) is 31.9 Å². The summed E-state index contributed by atoms with van der Waals surface area (Å²) in [5, 5.41) is 2.83. The van der Waals surface area contributed by atoms with Crippen LogP contribution in [-0.4, -0.2) is 24.6 Å². The van der Waals surface area contributed by atoms with Crippen LogP contribution >= 0.6 is 12.4 Å². The van der Waals surface area contributed by atoms with Gasteiger partial charge in [0.15, 0.2) is 6.10 Å². The number of amides is 1. The van der Waals surface area contributed by atoms with Gasteiger partial charge in [-0.1, -0.05) is 18.2 Å². The number of ether oxygens (including phenoxy) is 1. The van der Waals surface area contributed by atoms with Gasteiger partial charge in [0.05, 0.1) is 0 Å². The minimum atomic E-state index is -0.501. The molecule has 0 saturated heterocycles. The minimum absolute atomic E-state index is 0. The molecular weight excluding hydrogens is 264 g/mol. The molecule has 0 heterocycles. The Kier molecular flexibility index (Phi) is 6.12. The topological polar surface area (TPSA) is 64.3 Å². The van der Waals surface area contributed by atoms with Crippen LogP contribution in [0.2, 0.25) is 0 Å². The highest BCUT2D eigenvalue weighted by atomic mass is 35.5. The second kappa shape index (κ2) is 7.36. The van der Waals surface area contributed by atoms with Gasteiger partial charge in [-0.05, 0) is 37.8 Å². The first-order valence-electron chi connectivity index (χ1n) is 6.42. The molecule has 1 fully saturated rings. The number of carbonyl (C=O) groups is 1. The average Bonchev–Trinajstić information content (AvgIpc) is 3.21. The van der Waals surface area contributed by atoms with Crippen LogP contribution in [0.3, 0.4) is 0 Å². The molecule has 3 N–H and O–H groups in total. The first kappa shape index (κ1) is 15.8. The molecule has 1 aliphatic rings. The third-order valence-corrected chi connectivity index (χ3v) is 3.16. The summed E-state index contributed by atoms with van der Waals surface area (Å²) in [4.78, 5) is 11.8. The summed E-state index contributed by atoms with van der Waals surface area (Å²) in [5.41, 5.74) is 5.92. The number of hydrogen-bond acceptors (Lipinski definition) is 3. The quantitative estimate of drug-likeness (QED) is 0.836. The Morgan fingerprint density at radius 2 is 2.05 bits per heavy atom. The smallest absolute Gasteiger partial charge is 0.260 e. The van der Waals surface area contributed by atoms with Crippen LogP contribution in [0.25, 0.3) is 0 Å². The van der Waals surface area contributed by atoms with Gasteiger partial charge in [-0.3, -0.25) is 4.79 Å². The Morgan fingerprint density at radius 3 is 2.63 bits per heavy atom. The molecule has 1 aromatic carbocycles. The van der Waals surface area contributed by atoms with Gasteiger partial charge in [-0.15, -0.1) is 12.4 Å². The molecule has 1 amide bonds. The Morgan fingerprint density at radius 1 is 1.42 bits per heavy atom. The highest BCUT2D eigenvalue weighted by Gasteiger charge is 2.28. The Bertz CT molecular complexity index is 396. The second-order valence-corrected chi connectivity index (χ2v) is 4.82. The van der Waals surface area contributed by atoms with E-state index in [1.165, 1.54) is 12.8 Å². The SMILES string of the molecule is CC(Oc1ccccc1)C(=O)NCC(N)C1CC1.Cl. The summed E-state index contributed by atoms with van der Waals surface area (Å²) >= 11 is 0. The normalized spacial score (nSPS) is 16.9. The fraction of sp³-hybridized carbons (Fsp3) is 0.500. The molecule has 106 valence electrons. The lowest BCUT2D eigenvalue weighted by molar-refractivity contribution is -0.127. The van der Waals surface area contributed by atoms with E-state index in [2.05, 4.69) is 5.32 Å². The second-order valence-electron chi connectivity index (χ2n) is 4.82. The van der Waals surface area contributed by atoms with E-state index in [4.69, 9.17) is 10.5 Å². The summed E-state index contributed by atoms with van der Waals surface area (Å²) < 4.78 is 5.53. The average molecular weight is 285 g/mol. The number of hydrogen-bond donors (Lipinski definition) is 2. The molecule has 0 spiro atoms. The monoisotopic (exact) mass is 284 g/mol. The standard InChI is InChI=1S/C14H20N2O2.ClH/c1-10(18-12-5-3-2-4-6-12)14(17)16-9-13(15)11-7-8-11;/h2-6,10-11,13H,7-9,15H2,1H3,(H,16,17);1H. The number of carbonyl (C=O) groups excluding carboxylic acids is 1. The van der Waals surface area contributed by atoms with Gasteiger partial charge >= 0.3 is 0 Å². The maximum atomic E-state index is 11.8. The third kappa shape index (κ3) is 5.09. The number of halogens is 1. The van der Waals surface area contributed by atoms with E-state index in [1.807, 2.05) is 30.3 Å². The molecule has 0 bridgehead atoms. The van der Waals surface area contributed by atoms with Crippen molar-refractivity contribution in [1.82, 2.24) is 5.32 Å². The van der Waals surface area contributed by atoms with E-state index in [0.717, 1.165) is 0 Å². The molecule has 19 heavy (non-hydrogen) atoms. The van der Waals surface area contributed by atoms with Gasteiger partial charge in [0.1, 0.15) is 5.75 Å². The van der Waals surface area contributed by atoms with Gasteiger partial charge in [0.2, 0.25) is 0 Å². The molecule has 0 aromatic heterocycles. The Labute approximate surface area is 120 Å². The molecule has 0 aliphatic heterocycles. The number of benzene rings is 1. The van der Waals surface area contributed by atoms with Crippen LogP contribution in [0.5, 0.6) is 5.75 Å². The van der Waals surface area contributed by atoms with Crippen molar-refractivity contribution in [3.05, 3.63) is 30.3 Å². The van der Waals surface area contributed by atoms with Crippen LogP contribution in [0.15, 0.2) is 30.3 Å². The van der Waals surface area contributed by atoms with E-state index in [-0.39, 0.29) is 24.4 Å². The molecule has 2 rings (SSSR count). The summed E-state index contributed by atoms with van der Waals surface area (Å²) in [6.07, 6.45) is 1.87. The maximum Gasteiger partial charge on any atom is 0.260 e. The van der Waals surface area contributed by atoms with Crippen molar-refractivity contribution in [2.75, 3.05) is 6.54 Å². The molecule has 0 radical (unpaired) electrons. The van der Waals surface area contributed by atoms with Gasteiger partial charge in [-0.25, -0.2) is 0 Å². The van der Waals surface area contributed by atoms with Crippen LogP contribution in [0.4, 0.5) is 0 Å². The maximum absolute atomic E-state index is 11.8. The van der Waals surface area contributed by atoms with Crippen molar-refractivity contribution in [1.29, 1.82) is 0 Å². The highest BCUT2D eigenvalue weighted by Crippen LogP contribution is 2.31. The van der Waals surface area contributed by atoms with Crippen molar-refractivity contribution in [3.8, 4) is 5.75 Å². The zero-order valence-electron chi connectivity index (χ0n) is 11.0. The molecule has 1 saturated carbocycles. The van der Waals surface area contributed by atoms with Crippen molar-refractivity contribution >= 4 is 18.3 Å². The Balaban J connectivity index is 0.00000180. The van der Waals surface area contributed by atoms with E-state index >= 15 is 0 Å². The fourth-order valence-corrected chi connectivity index (χ4v) is 1.81. The van der Waals surface area contributed by atoms with E-state index in [9.17, 15) is 4.79 Å². The Hall–Kier alpha value is -1.26. The van der Waals surface area contributed by atoms with Gasteiger partial charge in [0, 0.05) is 12.6 Å². The van der Waals surface area contributed by atoms with E-state index in [1.54, 1.807) is 6.92 Å². The van der Waals surface area contributed by atoms with E-state index < -0.39 is 6.10 Å². The summed E-state index contributed by atoms with van der Waals surface area (Å²) in [7, 11) is 0. The molecule has 1 aliphatic carbocycles. The molecular formula is C14H21ClN2O2.